The lowest BCUT2D eigenvalue weighted by molar-refractivity contribution is 0.184. The van der Waals surface area contributed by atoms with E-state index in [2.05, 4.69) is 17.5 Å². The van der Waals surface area contributed by atoms with Crippen LogP contribution in [0.25, 0.3) is 0 Å². The number of nitrogens with zero attached hydrogens (tertiary/aromatic N) is 1. The van der Waals surface area contributed by atoms with Gasteiger partial charge in [0.15, 0.2) is 0 Å². The topological polar surface area (TPSA) is 32.3 Å². The van der Waals surface area contributed by atoms with E-state index in [0.29, 0.717) is 5.92 Å². The summed E-state index contributed by atoms with van der Waals surface area (Å²) >= 11 is 0. The number of nitrogens with one attached hydrogen (secondary N) is 1. The number of carbonyl (C=O) groups is 1. The summed E-state index contributed by atoms with van der Waals surface area (Å²) in [5, 5.41) is 3.08. The molecule has 2 aliphatic rings. The van der Waals surface area contributed by atoms with Crippen LogP contribution in [0.3, 0.4) is 0 Å². The molecule has 1 unspecified atom stereocenters. The van der Waals surface area contributed by atoms with E-state index in [1.165, 1.54) is 32.1 Å². The predicted molar refractivity (Wildman–Crippen MR) is 65.3 cm³/mol. The normalized spacial score (nSPS) is 25.5. The summed E-state index contributed by atoms with van der Waals surface area (Å²) < 4.78 is 0. The van der Waals surface area contributed by atoms with Gasteiger partial charge in [0.25, 0.3) is 0 Å². The smallest absolute Gasteiger partial charge is 0.317 e. The largest absolute Gasteiger partial charge is 0.338 e. The molecule has 3 nitrogen and oxygen atoms in total. The molecular formula is C13H22N2O. The van der Waals surface area contributed by atoms with E-state index in [1.54, 1.807) is 0 Å². The highest BCUT2D eigenvalue weighted by Gasteiger charge is 2.17. The Balaban J connectivity index is 1.68. The average Bonchev–Trinajstić information content (AvgIpc) is 2.38. The van der Waals surface area contributed by atoms with Gasteiger partial charge >= 0.3 is 6.03 Å². The van der Waals surface area contributed by atoms with Gasteiger partial charge in [0.2, 0.25) is 0 Å². The molecule has 0 aromatic heterocycles. The van der Waals surface area contributed by atoms with Gasteiger partial charge in [0.1, 0.15) is 0 Å². The maximum atomic E-state index is 11.8. The third-order valence-corrected chi connectivity index (χ3v) is 3.56. The van der Waals surface area contributed by atoms with Gasteiger partial charge < -0.3 is 10.2 Å². The second kappa shape index (κ2) is 5.92. The Morgan fingerprint density at radius 2 is 2.06 bits per heavy atom. The number of allylic oxidation sites excluding steroid dienone is 2. The molecule has 1 atom stereocenters. The van der Waals surface area contributed by atoms with Gasteiger partial charge in [-0.3, -0.25) is 0 Å². The molecular weight excluding hydrogens is 200 g/mol. The van der Waals surface area contributed by atoms with Crippen LogP contribution < -0.4 is 5.32 Å². The summed E-state index contributed by atoms with van der Waals surface area (Å²) in [5.41, 5.74) is 0. The first-order valence-corrected chi connectivity index (χ1v) is 6.54. The van der Waals surface area contributed by atoms with Gasteiger partial charge in [0.05, 0.1) is 0 Å². The minimum absolute atomic E-state index is 0.147. The predicted octanol–water partition coefficient (Wildman–Crippen LogP) is 2.54. The first-order chi connectivity index (χ1) is 7.86. The average molecular weight is 222 g/mol. The Morgan fingerprint density at radius 1 is 1.25 bits per heavy atom. The Morgan fingerprint density at radius 3 is 2.75 bits per heavy atom. The maximum Gasteiger partial charge on any atom is 0.317 e. The van der Waals surface area contributed by atoms with Crippen molar-refractivity contribution in [3.8, 4) is 0 Å². The number of carbonyl (C=O) groups excluding carboxylic acids is 1. The summed E-state index contributed by atoms with van der Waals surface area (Å²) in [5.74, 6) is 0.652. The molecule has 1 saturated heterocycles. The standard InChI is InChI=1S/C13H22N2O/c16-13(15-9-5-2-6-10-15)14-11-12-7-3-1-4-8-12/h1,3,12H,2,4-11H2,(H,14,16). The molecule has 3 heteroatoms. The molecule has 1 aliphatic carbocycles. The molecule has 16 heavy (non-hydrogen) atoms. The molecule has 1 aliphatic heterocycles. The number of hydrogen-bond acceptors (Lipinski definition) is 1. The van der Waals surface area contributed by atoms with Crippen LogP contribution in [0.15, 0.2) is 12.2 Å². The maximum absolute atomic E-state index is 11.8. The Bertz CT molecular complexity index is 257. The number of likely N-dealkylation sites (tertiary alicyclic amines) is 1. The summed E-state index contributed by atoms with van der Waals surface area (Å²) in [6, 6.07) is 0.147. The number of rotatable bonds is 2. The van der Waals surface area contributed by atoms with Crippen molar-refractivity contribution in [2.45, 2.75) is 38.5 Å². The van der Waals surface area contributed by atoms with Crippen LogP contribution in [0.4, 0.5) is 4.79 Å². The quantitative estimate of drug-likeness (QED) is 0.715. The highest BCUT2D eigenvalue weighted by Crippen LogP contribution is 2.17. The van der Waals surface area contributed by atoms with E-state index < -0.39 is 0 Å². The van der Waals surface area contributed by atoms with Gasteiger partial charge in [0, 0.05) is 19.6 Å². The van der Waals surface area contributed by atoms with Crippen LogP contribution in [0, 0.1) is 5.92 Å². The van der Waals surface area contributed by atoms with E-state index in [9.17, 15) is 4.79 Å². The summed E-state index contributed by atoms with van der Waals surface area (Å²) in [4.78, 5) is 13.8. The van der Waals surface area contributed by atoms with E-state index >= 15 is 0 Å². The first kappa shape index (κ1) is 11.5. The van der Waals surface area contributed by atoms with Crippen LogP contribution in [0.1, 0.15) is 38.5 Å². The summed E-state index contributed by atoms with van der Waals surface area (Å²) in [6.45, 7) is 2.73. The summed E-state index contributed by atoms with van der Waals surface area (Å²) in [6.07, 6.45) is 11.6. The highest BCUT2D eigenvalue weighted by atomic mass is 16.2. The molecule has 90 valence electrons. The van der Waals surface area contributed by atoms with Crippen molar-refractivity contribution in [2.24, 2.45) is 5.92 Å². The van der Waals surface area contributed by atoms with Gasteiger partial charge in [-0.2, -0.15) is 0 Å². The monoisotopic (exact) mass is 222 g/mol. The lowest BCUT2D eigenvalue weighted by Crippen LogP contribution is -2.44. The van der Waals surface area contributed by atoms with Gasteiger partial charge in [-0.25, -0.2) is 4.79 Å². The third kappa shape index (κ3) is 3.26. The Hall–Kier alpha value is -0.990. The molecule has 2 amide bonds. The molecule has 2 rings (SSSR count). The molecule has 1 fully saturated rings. The lowest BCUT2D eigenvalue weighted by atomic mass is 9.94. The number of urea groups is 1. The molecule has 1 N–H and O–H groups in total. The summed E-state index contributed by atoms with van der Waals surface area (Å²) in [7, 11) is 0. The molecule has 1 heterocycles. The Labute approximate surface area is 97.9 Å². The van der Waals surface area contributed by atoms with E-state index in [0.717, 1.165) is 26.1 Å². The second-order valence-corrected chi connectivity index (χ2v) is 4.88. The zero-order valence-electron chi connectivity index (χ0n) is 9.95. The molecule has 0 radical (unpaired) electrons. The van der Waals surface area contributed by atoms with Gasteiger partial charge in [-0.15, -0.1) is 0 Å². The first-order valence-electron chi connectivity index (χ1n) is 6.54. The fourth-order valence-corrected chi connectivity index (χ4v) is 2.48. The minimum atomic E-state index is 0.147. The molecule has 0 saturated carbocycles. The lowest BCUT2D eigenvalue weighted by Gasteiger charge is -2.28. The number of amides is 2. The number of hydrogen-bond donors (Lipinski definition) is 1. The minimum Gasteiger partial charge on any atom is -0.338 e. The zero-order valence-corrected chi connectivity index (χ0v) is 9.95. The van der Waals surface area contributed by atoms with Crippen molar-refractivity contribution >= 4 is 6.03 Å². The van der Waals surface area contributed by atoms with Crippen molar-refractivity contribution in [3.63, 3.8) is 0 Å². The Kier molecular flexibility index (Phi) is 4.25. The SMILES string of the molecule is O=C(NCC1CC=CCC1)N1CCCCC1. The molecule has 0 aromatic carbocycles. The van der Waals surface area contributed by atoms with Crippen molar-refractivity contribution in [2.75, 3.05) is 19.6 Å². The van der Waals surface area contributed by atoms with Crippen molar-refractivity contribution in [3.05, 3.63) is 12.2 Å². The second-order valence-electron chi connectivity index (χ2n) is 4.88. The van der Waals surface area contributed by atoms with Crippen LogP contribution >= 0.6 is 0 Å². The van der Waals surface area contributed by atoms with E-state index in [-0.39, 0.29) is 6.03 Å². The molecule has 0 bridgehead atoms. The number of piperidine rings is 1. The zero-order chi connectivity index (χ0) is 11.2. The fourth-order valence-electron chi connectivity index (χ4n) is 2.48. The van der Waals surface area contributed by atoms with Crippen LogP contribution in [0.5, 0.6) is 0 Å². The van der Waals surface area contributed by atoms with Gasteiger partial charge in [-0.05, 0) is 44.4 Å². The van der Waals surface area contributed by atoms with Crippen molar-refractivity contribution in [1.82, 2.24) is 10.2 Å². The van der Waals surface area contributed by atoms with Crippen molar-refractivity contribution in [1.29, 1.82) is 0 Å². The third-order valence-electron chi connectivity index (χ3n) is 3.56. The molecule has 0 aromatic rings. The fraction of sp³-hybridized carbons (Fsp3) is 0.769. The van der Waals surface area contributed by atoms with E-state index in [1.807, 2.05) is 4.90 Å². The molecule has 0 spiro atoms. The van der Waals surface area contributed by atoms with Crippen molar-refractivity contribution < 1.29 is 4.79 Å². The van der Waals surface area contributed by atoms with Gasteiger partial charge in [-0.1, -0.05) is 12.2 Å². The van der Waals surface area contributed by atoms with Crippen LogP contribution in [-0.4, -0.2) is 30.6 Å². The van der Waals surface area contributed by atoms with Crippen LogP contribution in [-0.2, 0) is 0 Å². The van der Waals surface area contributed by atoms with Crippen LogP contribution in [0.2, 0.25) is 0 Å². The van der Waals surface area contributed by atoms with E-state index in [4.69, 9.17) is 0 Å². The highest BCUT2D eigenvalue weighted by molar-refractivity contribution is 5.74.